The van der Waals surface area contributed by atoms with Crippen LogP contribution in [0.25, 0.3) is 0 Å². The highest BCUT2D eigenvalue weighted by molar-refractivity contribution is 7.99. The number of aliphatic hydroxyl groups is 2. The lowest BCUT2D eigenvalue weighted by Gasteiger charge is -2.41. The first kappa shape index (κ1) is 87.2. The Balaban J connectivity index is 4.59. The van der Waals surface area contributed by atoms with E-state index in [0.717, 1.165) is 22.9 Å². The number of nitrogens with zero attached hydrogens (tertiary/aromatic N) is 8. The number of carbonyl (C=O) groups is 11. The van der Waals surface area contributed by atoms with Gasteiger partial charge in [-0.25, -0.2) is 0 Å². The third-order valence-electron chi connectivity index (χ3n) is 18.1. The van der Waals surface area contributed by atoms with Gasteiger partial charge in [-0.3, -0.25) is 52.7 Å². The molecular weight excluding hydrogens is 1240 g/mol. The molecule has 0 aromatic heterocycles. The number of hydrogen-bond acceptors (Lipinski definition) is 15. The first-order chi connectivity index (χ1) is 43.9. The summed E-state index contributed by atoms with van der Waals surface area (Å²) in [6, 6.07) is -14.4. The first-order valence-electron chi connectivity index (χ1n) is 34.3. The molecule has 1 rings (SSSR count). The normalized spacial score (nSPS) is 26.3. The summed E-state index contributed by atoms with van der Waals surface area (Å²) < 4.78 is 0. The molecule has 0 aromatic rings. The smallest absolute Gasteiger partial charge is 0.246 e. The second kappa shape index (κ2) is 40.1. The van der Waals surface area contributed by atoms with Crippen LogP contribution in [0.5, 0.6) is 0 Å². The fourth-order valence-electron chi connectivity index (χ4n) is 11.9. The van der Waals surface area contributed by atoms with Gasteiger partial charge >= 0.3 is 0 Å². The monoisotopic (exact) mass is 1360 g/mol. The van der Waals surface area contributed by atoms with E-state index in [-0.39, 0.29) is 62.0 Å². The Kier molecular flexibility index (Phi) is 36.8. The fraction of sp³-hybridized carbons (Fsp3) is 0.812. The highest BCUT2D eigenvalue weighted by Gasteiger charge is 2.47. The Labute approximate surface area is 574 Å². The van der Waals surface area contributed by atoms with Crippen LogP contribution in [0, 0.1) is 35.5 Å². The number of hydrogen-bond donors (Lipinski definition) is 6. The molecule has 1 fully saturated rings. The number of allylic oxidation sites excluding steroid dienone is 2. The number of rotatable bonds is 22. The van der Waals surface area contributed by atoms with Gasteiger partial charge in [0.15, 0.2) is 0 Å². The quantitative estimate of drug-likeness (QED) is 0.0663. The molecule has 25 nitrogen and oxygen atoms in total. The Bertz CT molecular complexity index is 2580. The lowest BCUT2D eigenvalue weighted by molar-refractivity contribution is -0.157. The molecule has 1 aliphatic heterocycles. The molecule has 11 amide bonds. The predicted octanol–water partition coefficient (Wildman–Crippen LogP) is 3.83. The van der Waals surface area contributed by atoms with Gasteiger partial charge in [0.05, 0.1) is 11.7 Å². The summed E-state index contributed by atoms with van der Waals surface area (Å²) in [5.74, 6) is -9.70. The molecule has 0 radical (unpaired) electrons. The Morgan fingerprint density at radius 3 is 1.40 bits per heavy atom. The second-order valence-electron chi connectivity index (χ2n) is 28.8. The van der Waals surface area contributed by atoms with Crippen LogP contribution >= 0.6 is 11.8 Å². The van der Waals surface area contributed by atoms with Gasteiger partial charge in [0, 0.05) is 73.8 Å². The molecule has 13 atom stereocenters. The minimum atomic E-state index is -1.66. The average molecular weight is 1360 g/mol. The Morgan fingerprint density at radius 2 is 0.937 bits per heavy atom. The van der Waals surface area contributed by atoms with E-state index in [4.69, 9.17) is 0 Å². The second-order valence-corrected chi connectivity index (χ2v) is 29.9. The summed E-state index contributed by atoms with van der Waals surface area (Å²) in [6.07, 6.45) is 2.37. The van der Waals surface area contributed by atoms with Crippen LogP contribution in [-0.4, -0.2) is 273 Å². The van der Waals surface area contributed by atoms with Crippen molar-refractivity contribution in [1.82, 2.24) is 60.5 Å². The molecule has 26 heteroatoms. The molecule has 546 valence electrons. The summed E-state index contributed by atoms with van der Waals surface area (Å²) in [4.78, 5) is 175. The highest BCUT2D eigenvalue weighted by atomic mass is 32.2. The third kappa shape index (κ3) is 25.5. The lowest BCUT2D eigenvalue weighted by atomic mass is 9.91. The van der Waals surface area contributed by atoms with E-state index in [2.05, 4.69) is 26.2 Å². The maximum absolute atomic E-state index is 15.4. The molecule has 0 aromatic carbocycles. The van der Waals surface area contributed by atoms with E-state index in [1.54, 1.807) is 54.5 Å². The minimum absolute atomic E-state index is 0.0178. The van der Waals surface area contributed by atoms with Crippen molar-refractivity contribution in [2.45, 2.75) is 248 Å². The minimum Gasteiger partial charge on any atom is -0.390 e. The van der Waals surface area contributed by atoms with E-state index < -0.39 is 161 Å². The van der Waals surface area contributed by atoms with E-state index in [1.165, 1.54) is 113 Å². The topological polar surface area (TPSA) is 302 Å². The summed E-state index contributed by atoms with van der Waals surface area (Å²) in [7, 11) is 9.89. The summed E-state index contributed by atoms with van der Waals surface area (Å²) in [5, 5.41) is 34.8. The first-order valence-corrected chi connectivity index (χ1v) is 35.5. The van der Waals surface area contributed by atoms with Crippen molar-refractivity contribution in [3.05, 3.63) is 12.2 Å². The molecule has 1 aliphatic rings. The van der Waals surface area contributed by atoms with Gasteiger partial charge in [-0.2, -0.15) is 11.8 Å². The molecule has 6 N–H and O–H groups in total. The van der Waals surface area contributed by atoms with Gasteiger partial charge < -0.3 is 70.7 Å². The Hall–Kier alpha value is -5.86. The standard InChI is InChI=1S/C69H126N12O13S/c1-27-31-32-45(15)57(82)56-61(86)72-48(28-2)63(88)78(24)53(39-95-34-33-81(29-3)30-4)66(91)77(23)52(38-69(18,19)94)60(85)73-54(43(11)12)67(92)74(20)49(35-40(5)6)59(84)70-46(16)58(83)71-47(17)62(87)75(21)50(36-41(7)8)64(89)76(22)51(37-42(9)10)65(90)79(25)55(44(13)14)68(93)80(56)26/h27,31,40-57,82,94H,28-30,32-39H2,1-26H3,(H,70,84)(H,71,83)(H,72,86)(H,73,85)/b31-27+/t45-,46+,47-,48+,49+,50+,51+,52+,53+,54+,55+,56+,57-/m1/s1. The van der Waals surface area contributed by atoms with Crippen molar-refractivity contribution in [2.75, 3.05) is 80.5 Å². The van der Waals surface area contributed by atoms with Crippen molar-refractivity contribution in [2.24, 2.45) is 35.5 Å². The summed E-state index contributed by atoms with van der Waals surface area (Å²) >= 11 is 1.39. The molecule has 0 unspecified atom stereocenters. The average Bonchev–Trinajstić information content (AvgIpc) is 0.810. The third-order valence-corrected chi connectivity index (χ3v) is 19.1. The number of nitrogens with one attached hydrogen (secondary N) is 4. The van der Waals surface area contributed by atoms with Crippen molar-refractivity contribution in [3.63, 3.8) is 0 Å². The SMILES string of the molecule is C/C=C/C[C@@H](C)[C@@H](O)[C@H]1C(=O)N[C@@H](CC)C(=O)N(C)[C@@H](CSCCN(CC)CC)C(=O)N(C)[C@@H](CC(C)(C)O)C(=O)N[C@@H](C(C)C)C(=O)N(C)[C@@H](CC(C)C)C(=O)N[C@@H](C)C(=O)N[C@H](C)C(=O)N(C)[C@@H](CC(C)C)C(=O)N(C)[C@@H](CC(C)C)C(=O)N(C)[C@@H](C(C)C)C(=O)N1C. The predicted molar refractivity (Wildman–Crippen MR) is 374 cm³/mol. The van der Waals surface area contributed by atoms with Gasteiger partial charge in [-0.1, -0.05) is 109 Å². The maximum Gasteiger partial charge on any atom is 0.246 e. The summed E-state index contributed by atoms with van der Waals surface area (Å²) in [5.41, 5.74) is -1.58. The van der Waals surface area contributed by atoms with Crippen LogP contribution in [0.1, 0.15) is 170 Å². The molecule has 0 aliphatic carbocycles. The highest BCUT2D eigenvalue weighted by Crippen LogP contribution is 2.27. The van der Waals surface area contributed by atoms with Crippen LogP contribution in [0.15, 0.2) is 12.2 Å². The number of amides is 11. The zero-order valence-corrected chi connectivity index (χ0v) is 63.5. The number of likely N-dealkylation sites (N-methyl/N-ethyl adjacent to an activating group) is 7. The molecule has 0 bridgehead atoms. The lowest BCUT2D eigenvalue weighted by Crippen LogP contribution is -2.64. The largest absolute Gasteiger partial charge is 0.390 e. The van der Waals surface area contributed by atoms with Gasteiger partial charge in [0.1, 0.15) is 66.5 Å². The van der Waals surface area contributed by atoms with Gasteiger partial charge in [0.2, 0.25) is 65.0 Å². The van der Waals surface area contributed by atoms with Crippen LogP contribution in [0.4, 0.5) is 0 Å². The maximum atomic E-state index is 15.4. The molecule has 1 saturated heterocycles. The van der Waals surface area contributed by atoms with Crippen LogP contribution in [-0.2, 0) is 52.7 Å². The van der Waals surface area contributed by atoms with E-state index in [9.17, 15) is 34.2 Å². The van der Waals surface area contributed by atoms with Gasteiger partial charge in [-0.05, 0) is 115 Å². The van der Waals surface area contributed by atoms with Crippen LogP contribution in [0.3, 0.4) is 0 Å². The molecule has 0 saturated carbocycles. The number of thioether (sulfide) groups is 1. The fourth-order valence-corrected chi connectivity index (χ4v) is 13.0. The van der Waals surface area contributed by atoms with Gasteiger partial charge in [-0.15, -0.1) is 0 Å². The summed E-state index contributed by atoms with van der Waals surface area (Å²) in [6.45, 7) is 35.2. The zero-order valence-electron chi connectivity index (χ0n) is 62.7. The molecule has 1 heterocycles. The van der Waals surface area contributed by atoms with Crippen molar-refractivity contribution < 1.29 is 63.0 Å². The molecule has 95 heavy (non-hydrogen) atoms. The van der Waals surface area contributed by atoms with Crippen molar-refractivity contribution >= 4 is 76.7 Å². The van der Waals surface area contributed by atoms with Crippen LogP contribution in [0.2, 0.25) is 0 Å². The molecular formula is C69H126N12O13S. The van der Waals surface area contributed by atoms with E-state index in [1.807, 2.05) is 61.5 Å². The number of aliphatic hydroxyl groups excluding tert-OH is 1. The van der Waals surface area contributed by atoms with E-state index in [0.29, 0.717) is 12.3 Å². The molecule has 0 spiro atoms. The van der Waals surface area contributed by atoms with E-state index >= 15 is 28.8 Å². The van der Waals surface area contributed by atoms with Gasteiger partial charge in [0.25, 0.3) is 0 Å². The van der Waals surface area contributed by atoms with Crippen molar-refractivity contribution in [1.29, 1.82) is 0 Å². The Morgan fingerprint density at radius 1 is 0.505 bits per heavy atom. The zero-order chi connectivity index (χ0) is 73.6. The van der Waals surface area contributed by atoms with Crippen molar-refractivity contribution in [3.8, 4) is 0 Å². The van der Waals surface area contributed by atoms with Crippen LogP contribution < -0.4 is 21.3 Å². The number of carbonyl (C=O) groups excluding carboxylic acids is 11.